The van der Waals surface area contributed by atoms with Crippen LogP contribution < -0.4 is 9.44 Å². The highest BCUT2D eigenvalue weighted by Crippen LogP contribution is 2.13. The first-order valence-corrected chi connectivity index (χ1v) is 8.67. The van der Waals surface area contributed by atoms with Gasteiger partial charge in [0.05, 0.1) is 16.7 Å². The average Bonchev–Trinajstić information content (AvgIpc) is 2.34. The lowest BCUT2D eigenvalue weighted by Gasteiger charge is -2.07. The molecule has 7 nitrogen and oxygen atoms in total. The molecule has 0 aromatic heterocycles. The summed E-state index contributed by atoms with van der Waals surface area (Å²) in [5.41, 5.74) is -0.387. The quantitative estimate of drug-likeness (QED) is 0.687. The van der Waals surface area contributed by atoms with Crippen molar-refractivity contribution >= 4 is 20.0 Å². The number of sulfonamides is 2. The van der Waals surface area contributed by atoms with Gasteiger partial charge in [-0.15, -0.1) is 0 Å². The van der Waals surface area contributed by atoms with Gasteiger partial charge in [0.25, 0.3) is 0 Å². The van der Waals surface area contributed by atoms with E-state index in [1.807, 2.05) is 0 Å². The zero-order valence-electron chi connectivity index (χ0n) is 10.4. The number of rotatable bonds is 6. The highest BCUT2D eigenvalue weighted by atomic mass is 32.2. The number of hydrogen-bond acceptors (Lipinski definition) is 5. The van der Waals surface area contributed by atoms with Crippen molar-refractivity contribution in [1.82, 2.24) is 9.44 Å². The van der Waals surface area contributed by atoms with Crippen LogP contribution in [0.1, 0.15) is 5.56 Å². The summed E-state index contributed by atoms with van der Waals surface area (Å²) in [5, 5.41) is 8.63. The normalized spacial score (nSPS) is 12.1. The van der Waals surface area contributed by atoms with Crippen molar-refractivity contribution in [1.29, 1.82) is 5.26 Å². The molecular weight excluding hydrogens is 309 g/mol. The third-order valence-electron chi connectivity index (χ3n) is 2.15. The summed E-state index contributed by atoms with van der Waals surface area (Å²) >= 11 is 0. The van der Waals surface area contributed by atoms with Gasteiger partial charge in [0, 0.05) is 13.1 Å². The number of benzene rings is 1. The Kier molecular flexibility index (Phi) is 5.18. The first-order chi connectivity index (χ1) is 9.15. The average molecular weight is 321 g/mol. The van der Waals surface area contributed by atoms with Crippen molar-refractivity contribution in [2.24, 2.45) is 0 Å². The lowest BCUT2D eigenvalue weighted by Crippen LogP contribution is -2.34. The van der Waals surface area contributed by atoms with Crippen LogP contribution in [0.2, 0.25) is 0 Å². The van der Waals surface area contributed by atoms with Crippen LogP contribution in [0.4, 0.5) is 4.39 Å². The molecule has 0 saturated heterocycles. The fraction of sp³-hybridized carbons (Fsp3) is 0.300. The third kappa shape index (κ3) is 4.86. The SMILES string of the molecule is CS(=O)(=O)NCCNS(=O)(=O)c1ccc(F)c(C#N)c1. The molecule has 0 aliphatic heterocycles. The third-order valence-corrected chi connectivity index (χ3v) is 4.34. The van der Waals surface area contributed by atoms with E-state index in [1.54, 1.807) is 0 Å². The van der Waals surface area contributed by atoms with E-state index in [1.165, 1.54) is 6.07 Å². The Morgan fingerprint density at radius 2 is 1.80 bits per heavy atom. The van der Waals surface area contributed by atoms with Crippen LogP contribution in [0.5, 0.6) is 0 Å². The van der Waals surface area contributed by atoms with Crippen LogP contribution in [0, 0.1) is 17.1 Å². The molecule has 0 bridgehead atoms. The van der Waals surface area contributed by atoms with Gasteiger partial charge in [-0.1, -0.05) is 0 Å². The highest BCUT2D eigenvalue weighted by molar-refractivity contribution is 7.89. The molecule has 10 heteroatoms. The topological polar surface area (TPSA) is 116 Å². The first-order valence-electron chi connectivity index (χ1n) is 5.30. The van der Waals surface area contributed by atoms with Crippen LogP contribution in [0.3, 0.4) is 0 Å². The monoisotopic (exact) mass is 321 g/mol. The maximum absolute atomic E-state index is 13.1. The van der Waals surface area contributed by atoms with Crippen molar-refractivity contribution in [2.75, 3.05) is 19.3 Å². The van der Waals surface area contributed by atoms with Crippen molar-refractivity contribution in [3.63, 3.8) is 0 Å². The second-order valence-corrected chi connectivity index (χ2v) is 7.42. The van der Waals surface area contributed by atoms with Gasteiger partial charge < -0.3 is 0 Å². The largest absolute Gasteiger partial charge is 0.240 e. The van der Waals surface area contributed by atoms with Gasteiger partial charge in [-0.3, -0.25) is 0 Å². The molecule has 1 aromatic rings. The minimum Gasteiger partial charge on any atom is -0.214 e. The number of nitrogens with one attached hydrogen (secondary N) is 2. The number of nitrogens with zero attached hydrogens (tertiary/aromatic N) is 1. The molecule has 0 fully saturated rings. The summed E-state index contributed by atoms with van der Waals surface area (Å²) in [7, 11) is -7.33. The van der Waals surface area contributed by atoms with Gasteiger partial charge in [-0.2, -0.15) is 5.26 Å². The first kappa shape index (κ1) is 16.5. The Morgan fingerprint density at radius 3 is 2.35 bits per heavy atom. The smallest absolute Gasteiger partial charge is 0.214 e. The molecule has 0 radical (unpaired) electrons. The molecule has 1 rings (SSSR count). The van der Waals surface area contributed by atoms with Gasteiger partial charge in [-0.05, 0) is 18.2 Å². The second kappa shape index (κ2) is 6.27. The van der Waals surface area contributed by atoms with E-state index in [0.29, 0.717) is 0 Å². The van der Waals surface area contributed by atoms with Gasteiger partial charge in [-0.25, -0.2) is 30.7 Å². The molecule has 110 valence electrons. The van der Waals surface area contributed by atoms with Crippen LogP contribution >= 0.6 is 0 Å². The summed E-state index contributed by atoms with van der Waals surface area (Å²) in [4.78, 5) is -0.269. The Hall–Kier alpha value is -1.54. The molecular formula is C10H12FN3O4S2. The van der Waals surface area contributed by atoms with E-state index in [9.17, 15) is 21.2 Å². The van der Waals surface area contributed by atoms with Crippen molar-refractivity contribution in [2.45, 2.75) is 4.90 Å². The lowest BCUT2D eigenvalue weighted by atomic mass is 10.2. The van der Waals surface area contributed by atoms with Crippen molar-refractivity contribution in [3.05, 3.63) is 29.6 Å². The van der Waals surface area contributed by atoms with Crippen LogP contribution in [-0.2, 0) is 20.0 Å². The van der Waals surface area contributed by atoms with E-state index >= 15 is 0 Å². The van der Waals surface area contributed by atoms with E-state index < -0.39 is 25.9 Å². The maximum Gasteiger partial charge on any atom is 0.240 e. The zero-order chi connectivity index (χ0) is 15.4. The molecule has 0 aliphatic carbocycles. The van der Waals surface area contributed by atoms with Crippen molar-refractivity contribution in [3.8, 4) is 6.07 Å². The molecule has 2 N–H and O–H groups in total. The minimum atomic E-state index is -3.93. The van der Waals surface area contributed by atoms with Crippen LogP contribution in [0.25, 0.3) is 0 Å². The number of nitriles is 1. The summed E-state index contributed by atoms with van der Waals surface area (Å²) in [6, 6.07) is 4.33. The fourth-order valence-corrected chi connectivity index (χ4v) is 2.79. The van der Waals surface area contributed by atoms with Gasteiger partial charge in [0.15, 0.2) is 0 Å². The standard InChI is InChI=1S/C10H12FN3O4S2/c1-19(15,16)13-4-5-14-20(17,18)9-2-3-10(11)8(6-9)7-12/h2-3,6,13-14H,4-5H2,1H3. The Bertz CT molecular complexity index is 738. The fourth-order valence-electron chi connectivity index (χ4n) is 1.26. The molecule has 0 aliphatic rings. The molecule has 0 amide bonds. The molecule has 0 atom stereocenters. The zero-order valence-corrected chi connectivity index (χ0v) is 12.1. The van der Waals surface area contributed by atoms with E-state index in [2.05, 4.69) is 9.44 Å². The second-order valence-electron chi connectivity index (χ2n) is 3.82. The Balaban J connectivity index is 2.77. The van der Waals surface area contributed by atoms with Gasteiger partial charge >= 0.3 is 0 Å². The minimum absolute atomic E-state index is 0.121. The Labute approximate surface area is 116 Å². The molecule has 0 saturated carbocycles. The summed E-state index contributed by atoms with van der Waals surface area (Å²) < 4.78 is 62.5. The Morgan fingerprint density at radius 1 is 1.20 bits per heavy atom. The van der Waals surface area contributed by atoms with E-state index in [0.717, 1.165) is 24.5 Å². The van der Waals surface area contributed by atoms with E-state index in [-0.39, 0.29) is 23.5 Å². The van der Waals surface area contributed by atoms with Gasteiger partial charge in [0.2, 0.25) is 20.0 Å². The predicted octanol–water partition coefficient (Wildman–Crippen LogP) is -0.475. The molecule has 1 aromatic carbocycles. The highest BCUT2D eigenvalue weighted by Gasteiger charge is 2.15. The number of hydrogen-bond donors (Lipinski definition) is 2. The summed E-state index contributed by atoms with van der Waals surface area (Å²) in [5.74, 6) is -0.815. The molecule has 0 heterocycles. The van der Waals surface area contributed by atoms with E-state index in [4.69, 9.17) is 5.26 Å². The maximum atomic E-state index is 13.1. The summed E-state index contributed by atoms with van der Waals surface area (Å²) in [6.45, 7) is -0.293. The molecule has 20 heavy (non-hydrogen) atoms. The lowest BCUT2D eigenvalue weighted by molar-refractivity contribution is 0.572. The van der Waals surface area contributed by atoms with Crippen LogP contribution in [-0.4, -0.2) is 36.2 Å². The predicted molar refractivity (Wildman–Crippen MR) is 69.2 cm³/mol. The van der Waals surface area contributed by atoms with Gasteiger partial charge in [0.1, 0.15) is 11.9 Å². The van der Waals surface area contributed by atoms with Crippen molar-refractivity contribution < 1.29 is 21.2 Å². The molecule has 0 unspecified atom stereocenters. The van der Waals surface area contributed by atoms with Crippen LogP contribution in [0.15, 0.2) is 23.1 Å². The number of halogens is 1. The molecule has 0 spiro atoms. The summed E-state index contributed by atoms with van der Waals surface area (Å²) in [6.07, 6.45) is 0.945.